The molecule has 0 aliphatic heterocycles. The maximum Gasteiger partial charge on any atom is 0.119 e. The van der Waals surface area contributed by atoms with E-state index in [1.165, 1.54) is 4.88 Å². The molecule has 0 amide bonds. The Morgan fingerprint density at radius 1 is 1.30 bits per heavy atom. The molecule has 1 aromatic heterocycles. The van der Waals surface area contributed by atoms with Gasteiger partial charge in [-0.15, -0.1) is 11.3 Å². The Balaban J connectivity index is 1.70. The van der Waals surface area contributed by atoms with Gasteiger partial charge in [0.05, 0.1) is 0 Å². The maximum absolute atomic E-state index is 9.92. The first-order valence-corrected chi connectivity index (χ1v) is 8.15. The Morgan fingerprint density at radius 3 is 2.70 bits per heavy atom. The summed E-state index contributed by atoms with van der Waals surface area (Å²) >= 11 is 5.09. The fourth-order valence-electron chi connectivity index (χ4n) is 1.73. The summed E-state index contributed by atoms with van der Waals surface area (Å²) in [6.45, 7) is 2.88. The van der Waals surface area contributed by atoms with E-state index in [9.17, 15) is 5.11 Å². The summed E-state index contributed by atoms with van der Waals surface area (Å²) in [6, 6.07) is 11.9. The molecule has 0 aliphatic carbocycles. The third-order valence-corrected chi connectivity index (χ3v) is 4.47. The average molecular weight is 356 g/mol. The fraction of sp³-hybridized carbons (Fsp3) is 0.333. The molecule has 2 N–H and O–H groups in total. The molecule has 2 rings (SSSR count). The lowest BCUT2D eigenvalue weighted by Gasteiger charge is -2.16. The molecule has 108 valence electrons. The highest BCUT2D eigenvalue weighted by Gasteiger charge is 2.10. The number of aliphatic hydroxyl groups excluding tert-OH is 1. The minimum Gasteiger partial charge on any atom is -0.491 e. The van der Waals surface area contributed by atoms with E-state index in [0.29, 0.717) is 6.54 Å². The zero-order chi connectivity index (χ0) is 14.4. The predicted molar refractivity (Wildman–Crippen MR) is 86.4 cm³/mol. The van der Waals surface area contributed by atoms with Gasteiger partial charge < -0.3 is 15.2 Å². The molecule has 0 radical (unpaired) electrons. The molecule has 5 heteroatoms. The van der Waals surface area contributed by atoms with Gasteiger partial charge >= 0.3 is 0 Å². The van der Waals surface area contributed by atoms with Gasteiger partial charge in [-0.05, 0) is 42.6 Å². The van der Waals surface area contributed by atoms with Crippen LogP contribution < -0.4 is 10.1 Å². The van der Waals surface area contributed by atoms with E-state index in [4.69, 9.17) is 4.74 Å². The Kier molecular flexibility index (Phi) is 6.04. The molecule has 0 spiro atoms. The van der Waals surface area contributed by atoms with E-state index in [-0.39, 0.29) is 12.6 Å². The number of aliphatic hydroxyl groups is 1. The van der Waals surface area contributed by atoms with E-state index >= 15 is 0 Å². The summed E-state index contributed by atoms with van der Waals surface area (Å²) in [5, 5.41) is 15.3. The number of hydrogen-bond acceptors (Lipinski definition) is 4. The largest absolute Gasteiger partial charge is 0.491 e. The maximum atomic E-state index is 9.92. The minimum atomic E-state index is -0.527. The van der Waals surface area contributed by atoms with Gasteiger partial charge in [-0.3, -0.25) is 0 Å². The zero-order valence-electron chi connectivity index (χ0n) is 11.3. The van der Waals surface area contributed by atoms with Crippen molar-refractivity contribution >= 4 is 27.3 Å². The van der Waals surface area contributed by atoms with Gasteiger partial charge in [0, 0.05) is 21.9 Å². The summed E-state index contributed by atoms with van der Waals surface area (Å²) in [4.78, 5) is 1.27. The molecule has 3 nitrogen and oxygen atoms in total. The number of ether oxygens (including phenoxy) is 1. The van der Waals surface area contributed by atoms with Crippen LogP contribution in [0.25, 0.3) is 0 Å². The number of halogens is 1. The Labute approximate surface area is 131 Å². The normalized spacial score (nSPS) is 13.9. The van der Waals surface area contributed by atoms with Crippen molar-refractivity contribution in [3.05, 3.63) is 51.1 Å². The summed E-state index contributed by atoms with van der Waals surface area (Å²) in [7, 11) is 0. The third-order valence-electron chi connectivity index (χ3n) is 2.89. The molecule has 1 aromatic carbocycles. The monoisotopic (exact) mass is 355 g/mol. The van der Waals surface area contributed by atoms with Gasteiger partial charge in [-0.1, -0.05) is 22.0 Å². The van der Waals surface area contributed by atoms with Crippen molar-refractivity contribution in [2.24, 2.45) is 0 Å². The number of rotatable bonds is 7. The smallest absolute Gasteiger partial charge is 0.119 e. The molecule has 2 atom stereocenters. The van der Waals surface area contributed by atoms with E-state index in [0.717, 1.165) is 10.2 Å². The molecule has 0 fully saturated rings. The number of thiophene rings is 1. The van der Waals surface area contributed by atoms with Crippen LogP contribution in [-0.4, -0.2) is 24.4 Å². The Hall–Kier alpha value is -0.880. The van der Waals surface area contributed by atoms with Crippen LogP contribution in [0.15, 0.2) is 46.3 Å². The topological polar surface area (TPSA) is 41.5 Å². The molecule has 0 aliphatic rings. The summed E-state index contributed by atoms with van der Waals surface area (Å²) in [6.07, 6.45) is -0.527. The van der Waals surface area contributed by atoms with Crippen molar-refractivity contribution in [2.75, 3.05) is 13.2 Å². The van der Waals surface area contributed by atoms with Crippen molar-refractivity contribution < 1.29 is 9.84 Å². The van der Waals surface area contributed by atoms with Crippen molar-refractivity contribution in [2.45, 2.75) is 19.1 Å². The van der Waals surface area contributed by atoms with E-state index < -0.39 is 6.10 Å². The first-order valence-electron chi connectivity index (χ1n) is 6.48. The predicted octanol–water partition coefficient (Wildman–Crippen LogP) is 3.60. The number of benzene rings is 1. The molecule has 0 saturated heterocycles. The average Bonchev–Trinajstić information content (AvgIpc) is 2.98. The van der Waals surface area contributed by atoms with Crippen LogP contribution >= 0.6 is 27.3 Å². The van der Waals surface area contributed by atoms with Crippen LogP contribution in [-0.2, 0) is 0 Å². The summed E-state index contributed by atoms with van der Waals surface area (Å²) < 4.78 is 6.55. The van der Waals surface area contributed by atoms with E-state index in [1.807, 2.05) is 30.3 Å². The first kappa shape index (κ1) is 15.5. The highest BCUT2D eigenvalue weighted by molar-refractivity contribution is 9.10. The second-order valence-corrected chi connectivity index (χ2v) is 6.46. The van der Waals surface area contributed by atoms with Crippen LogP contribution in [0.1, 0.15) is 17.8 Å². The molecule has 0 bridgehead atoms. The highest BCUT2D eigenvalue weighted by atomic mass is 79.9. The van der Waals surface area contributed by atoms with Gasteiger partial charge in [0.15, 0.2) is 0 Å². The van der Waals surface area contributed by atoms with Crippen molar-refractivity contribution in [1.29, 1.82) is 0 Å². The van der Waals surface area contributed by atoms with Gasteiger partial charge in [0.1, 0.15) is 18.5 Å². The fourth-order valence-corrected chi connectivity index (χ4v) is 2.76. The van der Waals surface area contributed by atoms with Crippen molar-refractivity contribution in [1.82, 2.24) is 5.32 Å². The van der Waals surface area contributed by atoms with Gasteiger partial charge in [0.2, 0.25) is 0 Å². The second kappa shape index (κ2) is 7.78. The van der Waals surface area contributed by atoms with Crippen LogP contribution in [0.5, 0.6) is 5.75 Å². The second-order valence-electron chi connectivity index (χ2n) is 4.56. The van der Waals surface area contributed by atoms with Crippen molar-refractivity contribution in [3.8, 4) is 5.75 Å². The molecule has 1 heterocycles. The number of hydrogen-bond donors (Lipinski definition) is 2. The van der Waals surface area contributed by atoms with Crippen LogP contribution in [0.3, 0.4) is 0 Å². The molecule has 20 heavy (non-hydrogen) atoms. The van der Waals surface area contributed by atoms with Crippen LogP contribution in [0.2, 0.25) is 0 Å². The standard InChI is InChI=1S/C15H18BrNO2S/c1-11(15-3-2-8-20-15)17-9-13(18)10-19-14-6-4-12(16)5-7-14/h2-8,11,13,17-18H,9-10H2,1H3/t11-,13?/m0/s1. The molecule has 0 saturated carbocycles. The first-order chi connectivity index (χ1) is 9.65. The number of nitrogens with one attached hydrogen (secondary N) is 1. The quantitative estimate of drug-likeness (QED) is 0.797. The Bertz CT molecular complexity index is 501. The zero-order valence-corrected chi connectivity index (χ0v) is 13.7. The summed E-state index contributed by atoms with van der Waals surface area (Å²) in [5.74, 6) is 0.763. The molecule has 2 aromatic rings. The molecular weight excluding hydrogens is 338 g/mol. The van der Waals surface area contributed by atoms with E-state index in [2.05, 4.69) is 39.6 Å². The van der Waals surface area contributed by atoms with Gasteiger partial charge in [0.25, 0.3) is 0 Å². The summed E-state index contributed by atoms with van der Waals surface area (Å²) in [5.41, 5.74) is 0. The molecular formula is C15H18BrNO2S. The van der Waals surface area contributed by atoms with Gasteiger partial charge in [-0.2, -0.15) is 0 Å². The highest BCUT2D eigenvalue weighted by Crippen LogP contribution is 2.18. The molecule has 1 unspecified atom stereocenters. The lowest BCUT2D eigenvalue weighted by Crippen LogP contribution is -2.32. The van der Waals surface area contributed by atoms with Gasteiger partial charge in [-0.25, -0.2) is 0 Å². The lowest BCUT2D eigenvalue weighted by molar-refractivity contribution is 0.104. The third kappa shape index (κ3) is 4.90. The van der Waals surface area contributed by atoms with Crippen LogP contribution in [0.4, 0.5) is 0 Å². The SMILES string of the molecule is C[C@H](NCC(O)COc1ccc(Br)cc1)c1cccs1. The minimum absolute atomic E-state index is 0.248. The van der Waals surface area contributed by atoms with Crippen molar-refractivity contribution in [3.63, 3.8) is 0 Å². The Morgan fingerprint density at radius 2 is 2.05 bits per heavy atom. The van der Waals surface area contributed by atoms with E-state index in [1.54, 1.807) is 11.3 Å². The lowest BCUT2D eigenvalue weighted by atomic mass is 10.2. The van der Waals surface area contributed by atoms with Crippen LogP contribution in [0, 0.1) is 0 Å².